The summed E-state index contributed by atoms with van der Waals surface area (Å²) in [6.07, 6.45) is -7.35. The number of halogens is 5. The van der Waals surface area contributed by atoms with Gasteiger partial charge in [-0.1, -0.05) is 51.5 Å². The van der Waals surface area contributed by atoms with Crippen LogP contribution in [0.2, 0.25) is 10.0 Å². The molecule has 5 atom stereocenters. The Labute approximate surface area is 213 Å². The van der Waals surface area contributed by atoms with Crippen LogP contribution >= 0.6 is 46.3 Å². The van der Waals surface area contributed by atoms with Gasteiger partial charge in [0.05, 0.1) is 28.5 Å². The number of benzene rings is 1. The fourth-order valence-corrected chi connectivity index (χ4v) is 5.57. The summed E-state index contributed by atoms with van der Waals surface area (Å²) < 4.78 is 51.4. The number of aliphatic hydroxyl groups is 2. The van der Waals surface area contributed by atoms with Crippen LogP contribution in [0.5, 0.6) is 0 Å². The second-order valence-electron chi connectivity index (χ2n) is 7.44. The number of aromatic nitrogens is 4. The molecule has 0 spiro atoms. The monoisotopic (exact) mass is 572 g/mol. The van der Waals surface area contributed by atoms with E-state index in [1.165, 1.54) is 23.7 Å². The minimum Gasteiger partial charge on any atom is -0.394 e. The van der Waals surface area contributed by atoms with Gasteiger partial charge in [-0.2, -0.15) is 13.2 Å². The molecule has 1 saturated heterocycles. The van der Waals surface area contributed by atoms with Gasteiger partial charge >= 0.3 is 11.0 Å². The Balaban J connectivity index is 1.70. The Kier molecular flexibility index (Phi) is 8.12. The number of nitrogens with one attached hydrogen (secondary N) is 1. The van der Waals surface area contributed by atoms with E-state index in [1.54, 1.807) is 6.07 Å². The Morgan fingerprint density at radius 3 is 2.71 bits per heavy atom. The third kappa shape index (κ3) is 6.20. The summed E-state index contributed by atoms with van der Waals surface area (Å²) in [7, 11) is 0. The molecule has 0 radical (unpaired) electrons. The Hall–Kier alpha value is -1.65. The number of aliphatic hydroxyl groups excluding tert-OH is 2. The van der Waals surface area contributed by atoms with Crippen molar-refractivity contribution in [1.82, 2.24) is 20.0 Å². The summed E-state index contributed by atoms with van der Waals surface area (Å²) >= 11 is 13.9. The highest BCUT2D eigenvalue weighted by Gasteiger charge is 2.49. The van der Waals surface area contributed by atoms with Crippen LogP contribution in [0.25, 0.3) is 11.4 Å². The van der Waals surface area contributed by atoms with E-state index in [0.717, 1.165) is 27.8 Å². The normalized spacial score (nSPS) is 25.2. The van der Waals surface area contributed by atoms with Crippen LogP contribution in [-0.2, 0) is 9.47 Å². The minimum atomic E-state index is -4.66. The second-order valence-corrected chi connectivity index (χ2v) is 10.3. The number of thiazole rings is 1. The maximum Gasteiger partial charge on any atom is 0.411 e. The SMILES string of the molecule is O=c1[nH]c(-c2cn([C@@H]3C(OCC(F)(F)F)[C@@H](Sc4ccc(Cl)c(Cl)c4)OC(CO)[C@@H]3O)nn2)cs1. The molecule has 4 rings (SSSR count). The van der Waals surface area contributed by atoms with Crippen LogP contribution in [0.15, 0.2) is 39.5 Å². The maximum absolute atomic E-state index is 13.1. The van der Waals surface area contributed by atoms with Crippen LogP contribution in [0.3, 0.4) is 0 Å². The first-order valence-corrected chi connectivity index (χ1v) is 12.4. The largest absolute Gasteiger partial charge is 0.411 e. The predicted molar refractivity (Wildman–Crippen MR) is 123 cm³/mol. The number of H-pyrrole nitrogens is 1. The molecule has 3 heterocycles. The quantitative estimate of drug-likeness (QED) is 0.394. The van der Waals surface area contributed by atoms with Gasteiger partial charge in [0.25, 0.3) is 0 Å². The predicted octanol–water partition coefficient (Wildman–Crippen LogP) is 3.36. The van der Waals surface area contributed by atoms with Gasteiger partial charge in [0.1, 0.15) is 42.1 Å². The molecule has 1 fully saturated rings. The van der Waals surface area contributed by atoms with Crippen molar-refractivity contribution in [3.63, 3.8) is 0 Å². The van der Waals surface area contributed by atoms with E-state index in [-0.39, 0.29) is 20.6 Å². The van der Waals surface area contributed by atoms with E-state index in [1.807, 2.05) is 0 Å². The molecule has 1 aliphatic rings. The molecule has 0 bridgehead atoms. The minimum absolute atomic E-state index is 0.223. The lowest BCUT2D eigenvalue weighted by Crippen LogP contribution is -2.56. The van der Waals surface area contributed by atoms with Crippen LogP contribution in [-0.4, -0.2) is 73.3 Å². The number of thioether (sulfide) groups is 1. The number of hydrogen-bond donors (Lipinski definition) is 3. The second kappa shape index (κ2) is 10.8. The summed E-state index contributed by atoms with van der Waals surface area (Å²) in [6.45, 7) is -2.24. The Bertz CT molecular complexity index is 1220. The van der Waals surface area contributed by atoms with Crippen LogP contribution < -0.4 is 4.87 Å². The molecule has 0 aliphatic carbocycles. The number of rotatable bonds is 7. The molecule has 1 aromatic carbocycles. The zero-order valence-corrected chi connectivity index (χ0v) is 20.5. The number of nitrogens with zero attached hydrogens (tertiary/aromatic N) is 3. The van der Waals surface area contributed by atoms with Crippen LogP contribution in [0, 0.1) is 0 Å². The Morgan fingerprint density at radius 1 is 1.31 bits per heavy atom. The van der Waals surface area contributed by atoms with Crippen molar-refractivity contribution in [2.45, 2.75) is 40.9 Å². The summed E-state index contributed by atoms with van der Waals surface area (Å²) in [6, 6.07) is 3.39. The molecular weight excluding hydrogens is 556 g/mol. The van der Waals surface area contributed by atoms with E-state index < -0.39 is 49.2 Å². The first-order valence-electron chi connectivity index (χ1n) is 9.90. The zero-order valence-electron chi connectivity index (χ0n) is 17.4. The molecule has 16 heteroatoms. The van der Waals surface area contributed by atoms with Crippen molar-refractivity contribution in [1.29, 1.82) is 0 Å². The average Bonchev–Trinajstić information content (AvgIpc) is 3.44. The third-order valence-corrected chi connectivity index (χ3v) is 7.57. The van der Waals surface area contributed by atoms with E-state index in [9.17, 15) is 28.2 Å². The number of hydrogen-bond acceptors (Lipinski definition) is 9. The molecule has 1 aliphatic heterocycles. The number of ether oxygens (including phenoxy) is 2. The van der Waals surface area contributed by atoms with Crippen molar-refractivity contribution < 1.29 is 32.9 Å². The van der Waals surface area contributed by atoms with Crippen LogP contribution in [0.1, 0.15) is 6.04 Å². The number of alkyl halides is 3. The van der Waals surface area contributed by atoms with Crippen molar-refractivity contribution >= 4 is 46.3 Å². The molecule has 0 amide bonds. The zero-order chi connectivity index (χ0) is 25.3. The standard InChI is InChI=1S/C19H17Cl2F3N4O5S2/c20-9-2-1-8(3-10(9)21)35-17-16(32-7-19(22,23)24)14(15(30)13(5-29)33-17)28-4-11(26-27-28)12-6-34-18(31)25-12/h1-4,6,13-17,29-30H,5,7H2,(H,25,31)/t13?,14-,15-,16?,17+/m0/s1. The lowest BCUT2D eigenvalue weighted by atomic mass is 9.97. The summed E-state index contributed by atoms with van der Waals surface area (Å²) in [5, 5.41) is 30.6. The van der Waals surface area contributed by atoms with Gasteiger partial charge in [-0.05, 0) is 18.2 Å². The fraction of sp³-hybridized carbons (Fsp3) is 0.421. The highest BCUT2D eigenvalue weighted by molar-refractivity contribution is 7.99. The third-order valence-electron chi connectivity index (χ3n) is 5.02. The summed E-state index contributed by atoms with van der Waals surface area (Å²) in [5.74, 6) is 0. The molecule has 2 aromatic heterocycles. The van der Waals surface area contributed by atoms with E-state index >= 15 is 0 Å². The van der Waals surface area contributed by atoms with Gasteiger partial charge in [-0.15, -0.1) is 5.10 Å². The van der Waals surface area contributed by atoms with Crippen molar-refractivity contribution in [3.8, 4) is 11.4 Å². The van der Waals surface area contributed by atoms with Gasteiger partial charge in [-0.25, -0.2) is 4.68 Å². The molecular formula is C19H17Cl2F3N4O5S2. The van der Waals surface area contributed by atoms with Gasteiger partial charge in [0.2, 0.25) is 0 Å². The molecule has 190 valence electrons. The highest BCUT2D eigenvalue weighted by atomic mass is 35.5. The molecule has 3 aromatic rings. The topological polar surface area (TPSA) is 122 Å². The van der Waals surface area contributed by atoms with Gasteiger partial charge in [0, 0.05) is 10.3 Å². The first kappa shape index (κ1) is 26.4. The molecule has 2 unspecified atom stereocenters. The smallest absolute Gasteiger partial charge is 0.394 e. The van der Waals surface area contributed by atoms with E-state index in [0.29, 0.717) is 10.6 Å². The van der Waals surface area contributed by atoms with E-state index in [4.69, 9.17) is 32.7 Å². The lowest BCUT2D eigenvalue weighted by Gasteiger charge is -2.43. The lowest BCUT2D eigenvalue weighted by molar-refractivity contribution is -0.233. The summed E-state index contributed by atoms with van der Waals surface area (Å²) in [4.78, 5) is 14.2. The van der Waals surface area contributed by atoms with Gasteiger partial charge in [-0.3, -0.25) is 4.79 Å². The average molecular weight is 573 g/mol. The fourth-order valence-electron chi connectivity index (χ4n) is 3.46. The molecule has 3 N–H and O–H groups in total. The van der Waals surface area contributed by atoms with E-state index in [2.05, 4.69) is 15.3 Å². The van der Waals surface area contributed by atoms with Crippen molar-refractivity contribution in [3.05, 3.63) is 49.5 Å². The first-order chi connectivity index (χ1) is 16.6. The Morgan fingerprint density at radius 2 is 2.09 bits per heavy atom. The van der Waals surface area contributed by atoms with Gasteiger partial charge in [0.15, 0.2) is 0 Å². The highest BCUT2D eigenvalue weighted by Crippen LogP contribution is 2.41. The van der Waals surface area contributed by atoms with Gasteiger partial charge < -0.3 is 24.7 Å². The molecule has 0 saturated carbocycles. The maximum atomic E-state index is 13.1. The molecule has 35 heavy (non-hydrogen) atoms. The summed E-state index contributed by atoms with van der Waals surface area (Å²) in [5.41, 5.74) is -0.541. The van der Waals surface area contributed by atoms with Crippen molar-refractivity contribution in [2.75, 3.05) is 13.2 Å². The molecule has 9 nitrogen and oxygen atoms in total. The number of aromatic amines is 1. The van der Waals surface area contributed by atoms with Crippen LogP contribution in [0.4, 0.5) is 13.2 Å². The van der Waals surface area contributed by atoms with Crippen molar-refractivity contribution in [2.24, 2.45) is 0 Å².